The second kappa shape index (κ2) is 3.89. The molecule has 1 aliphatic rings. The van der Waals surface area contributed by atoms with Crippen LogP contribution in [0.15, 0.2) is 30.3 Å². The normalized spacial score (nSPS) is 16.8. The first-order valence-electron chi connectivity index (χ1n) is 5.12. The van der Waals surface area contributed by atoms with E-state index >= 15 is 0 Å². The Morgan fingerprint density at radius 1 is 0.882 bits per heavy atom. The summed E-state index contributed by atoms with van der Waals surface area (Å²) in [7, 11) is 0. The van der Waals surface area contributed by atoms with Crippen molar-refractivity contribution in [1.82, 2.24) is 0 Å². The van der Waals surface area contributed by atoms with Crippen molar-refractivity contribution in [3.05, 3.63) is 56.5 Å². The number of hydrogen-bond donors (Lipinski definition) is 1. The van der Waals surface area contributed by atoms with E-state index in [-0.39, 0.29) is 6.04 Å². The maximum Gasteiger partial charge on any atom is 0.0579 e. The van der Waals surface area contributed by atoms with Gasteiger partial charge in [0, 0.05) is 15.1 Å². The van der Waals surface area contributed by atoms with E-state index in [1.54, 1.807) is 6.07 Å². The van der Waals surface area contributed by atoms with Crippen molar-refractivity contribution in [3.63, 3.8) is 0 Å². The summed E-state index contributed by atoms with van der Waals surface area (Å²) in [5.74, 6) is 0. The van der Waals surface area contributed by atoms with Gasteiger partial charge in [-0.2, -0.15) is 0 Å². The maximum atomic E-state index is 6.20. The molecular weight excluding hydrogens is 277 g/mol. The third-order valence-electron chi connectivity index (χ3n) is 3.04. The van der Waals surface area contributed by atoms with Gasteiger partial charge in [-0.1, -0.05) is 40.9 Å². The standard InChI is InChI=1S/C13H8Cl3N/c14-6-1-2-8-9-4-7(15)5-11(16)12(9)13(17)10(8)3-6/h1-5,13H,17H2. The summed E-state index contributed by atoms with van der Waals surface area (Å²) in [5.41, 5.74) is 10.2. The Kier molecular flexibility index (Phi) is 2.60. The van der Waals surface area contributed by atoms with Crippen molar-refractivity contribution in [3.8, 4) is 11.1 Å². The van der Waals surface area contributed by atoms with Crippen LogP contribution in [-0.4, -0.2) is 0 Å². The summed E-state index contributed by atoms with van der Waals surface area (Å²) in [6, 6.07) is 9.06. The predicted molar refractivity (Wildman–Crippen MR) is 72.9 cm³/mol. The first-order valence-corrected chi connectivity index (χ1v) is 6.25. The molecule has 2 aromatic carbocycles. The van der Waals surface area contributed by atoms with Crippen LogP contribution in [0.2, 0.25) is 15.1 Å². The van der Waals surface area contributed by atoms with Crippen LogP contribution >= 0.6 is 34.8 Å². The summed E-state index contributed by atoms with van der Waals surface area (Å²) >= 11 is 18.2. The minimum absolute atomic E-state index is 0.233. The highest BCUT2D eigenvalue weighted by Gasteiger charge is 2.28. The molecule has 86 valence electrons. The van der Waals surface area contributed by atoms with E-state index in [9.17, 15) is 0 Å². The van der Waals surface area contributed by atoms with E-state index in [1.165, 1.54) is 0 Å². The Morgan fingerprint density at radius 3 is 2.41 bits per heavy atom. The van der Waals surface area contributed by atoms with Crippen molar-refractivity contribution in [1.29, 1.82) is 0 Å². The smallest absolute Gasteiger partial charge is 0.0579 e. The Morgan fingerprint density at radius 2 is 1.65 bits per heavy atom. The van der Waals surface area contributed by atoms with Crippen LogP contribution in [0.25, 0.3) is 11.1 Å². The quantitative estimate of drug-likeness (QED) is 0.747. The second-order valence-corrected chi connectivity index (χ2v) is 5.34. The lowest BCUT2D eigenvalue weighted by Gasteiger charge is -2.08. The lowest BCUT2D eigenvalue weighted by Crippen LogP contribution is -2.08. The van der Waals surface area contributed by atoms with Crippen molar-refractivity contribution in [2.75, 3.05) is 0 Å². The Hall–Kier alpha value is -0.730. The van der Waals surface area contributed by atoms with Gasteiger partial charge in [0.1, 0.15) is 0 Å². The molecule has 0 saturated heterocycles. The monoisotopic (exact) mass is 283 g/mol. The third-order valence-corrected chi connectivity index (χ3v) is 3.81. The maximum absolute atomic E-state index is 6.20. The summed E-state index contributed by atoms with van der Waals surface area (Å²) in [6.07, 6.45) is 0. The van der Waals surface area contributed by atoms with Gasteiger partial charge in [-0.25, -0.2) is 0 Å². The zero-order valence-corrected chi connectivity index (χ0v) is 10.9. The Balaban J connectivity index is 2.35. The van der Waals surface area contributed by atoms with Gasteiger partial charge in [-0.3, -0.25) is 0 Å². The summed E-state index contributed by atoms with van der Waals surface area (Å²) in [5, 5.41) is 1.89. The van der Waals surface area contributed by atoms with Crippen LogP contribution in [0.1, 0.15) is 17.2 Å². The van der Waals surface area contributed by atoms with Crippen molar-refractivity contribution < 1.29 is 0 Å². The number of fused-ring (bicyclic) bond motifs is 3. The van der Waals surface area contributed by atoms with Gasteiger partial charge >= 0.3 is 0 Å². The molecule has 0 bridgehead atoms. The van der Waals surface area contributed by atoms with Gasteiger partial charge < -0.3 is 5.73 Å². The largest absolute Gasteiger partial charge is 0.320 e. The van der Waals surface area contributed by atoms with E-state index in [1.807, 2.05) is 24.3 Å². The van der Waals surface area contributed by atoms with Crippen LogP contribution < -0.4 is 5.73 Å². The fourth-order valence-electron chi connectivity index (χ4n) is 2.32. The summed E-state index contributed by atoms with van der Waals surface area (Å²) < 4.78 is 0. The zero-order chi connectivity index (χ0) is 12.2. The number of nitrogens with two attached hydrogens (primary N) is 1. The molecule has 0 saturated carbocycles. The zero-order valence-electron chi connectivity index (χ0n) is 8.68. The average Bonchev–Trinajstić information content (AvgIpc) is 2.52. The molecule has 0 spiro atoms. The topological polar surface area (TPSA) is 26.0 Å². The highest BCUT2D eigenvalue weighted by molar-refractivity contribution is 6.36. The molecule has 0 amide bonds. The van der Waals surface area contributed by atoms with Gasteiger partial charge in [0.25, 0.3) is 0 Å². The van der Waals surface area contributed by atoms with Crippen molar-refractivity contribution >= 4 is 34.8 Å². The van der Waals surface area contributed by atoms with Gasteiger partial charge in [0.2, 0.25) is 0 Å². The molecule has 0 aromatic heterocycles. The third kappa shape index (κ3) is 1.66. The molecule has 2 aromatic rings. The molecule has 1 atom stereocenters. The van der Waals surface area contributed by atoms with E-state index in [4.69, 9.17) is 40.5 Å². The number of benzene rings is 2. The van der Waals surface area contributed by atoms with Gasteiger partial charge in [0.05, 0.1) is 6.04 Å². The first-order chi connectivity index (χ1) is 8.08. The van der Waals surface area contributed by atoms with Crippen LogP contribution in [-0.2, 0) is 0 Å². The van der Waals surface area contributed by atoms with Crippen molar-refractivity contribution in [2.45, 2.75) is 6.04 Å². The van der Waals surface area contributed by atoms with E-state index < -0.39 is 0 Å². The molecular formula is C13H8Cl3N. The van der Waals surface area contributed by atoms with Crippen LogP contribution in [0, 0.1) is 0 Å². The average molecular weight is 285 g/mol. The molecule has 0 aliphatic heterocycles. The number of rotatable bonds is 0. The van der Waals surface area contributed by atoms with Crippen molar-refractivity contribution in [2.24, 2.45) is 5.73 Å². The molecule has 0 heterocycles. The molecule has 0 radical (unpaired) electrons. The SMILES string of the molecule is NC1c2cc(Cl)ccc2-c2cc(Cl)cc(Cl)c21. The fraction of sp³-hybridized carbons (Fsp3) is 0.0769. The minimum atomic E-state index is -0.233. The highest BCUT2D eigenvalue weighted by Crippen LogP contribution is 2.47. The first kappa shape index (κ1) is 11.4. The number of halogens is 3. The molecule has 3 rings (SSSR count). The lowest BCUT2D eigenvalue weighted by molar-refractivity contribution is 0.901. The predicted octanol–water partition coefficient (Wildman–Crippen LogP) is 4.68. The Labute approximate surface area is 114 Å². The molecule has 1 aliphatic carbocycles. The molecule has 1 unspecified atom stereocenters. The van der Waals surface area contributed by atoms with Crippen LogP contribution in [0.4, 0.5) is 0 Å². The van der Waals surface area contributed by atoms with E-state index in [0.29, 0.717) is 15.1 Å². The summed E-state index contributed by atoms with van der Waals surface area (Å²) in [4.78, 5) is 0. The van der Waals surface area contributed by atoms with E-state index in [2.05, 4.69) is 0 Å². The number of hydrogen-bond acceptors (Lipinski definition) is 1. The van der Waals surface area contributed by atoms with Gasteiger partial charge in [-0.15, -0.1) is 0 Å². The highest BCUT2D eigenvalue weighted by atomic mass is 35.5. The minimum Gasteiger partial charge on any atom is -0.320 e. The lowest BCUT2D eigenvalue weighted by atomic mass is 10.1. The fourth-order valence-corrected chi connectivity index (χ4v) is 3.11. The van der Waals surface area contributed by atoms with Crippen LogP contribution in [0.5, 0.6) is 0 Å². The van der Waals surface area contributed by atoms with Gasteiger partial charge in [-0.05, 0) is 46.5 Å². The molecule has 17 heavy (non-hydrogen) atoms. The molecule has 2 N–H and O–H groups in total. The summed E-state index contributed by atoms with van der Waals surface area (Å²) in [6.45, 7) is 0. The Bertz CT molecular complexity index is 622. The van der Waals surface area contributed by atoms with Crippen LogP contribution in [0.3, 0.4) is 0 Å². The van der Waals surface area contributed by atoms with Gasteiger partial charge in [0.15, 0.2) is 0 Å². The second-order valence-electron chi connectivity index (χ2n) is 4.06. The van der Waals surface area contributed by atoms with E-state index in [0.717, 1.165) is 22.3 Å². The molecule has 4 heteroatoms. The molecule has 1 nitrogen and oxygen atoms in total. The molecule has 0 fully saturated rings.